The zero-order chi connectivity index (χ0) is 10.1. The first kappa shape index (κ1) is 9.59. The van der Waals surface area contributed by atoms with Gasteiger partial charge >= 0.3 is 6.92 Å². The van der Waals surface area contributed by atoms with E-state index >= 15 is 0 Å². The molecule has 2 rings (SSSR count). The van der Waals surface area contributed by atoms with Gasteiger partial charge in [0, 0.05) is 0 Å². The SMILES string of the molecule is COc1ccc(B(O)C2CC2)cc1C. The minimum Gasteiger partial charge on any atom is -0.496 e. The van der Waals surface area contributed by atoms with Gasteiger partial charge in [-0.25, -0.2) is 0 Å². The first-order chi connectivity index (χ1) is 6.72. The molecule has 74 valence electrons. The van der Waals surface area contributed by atoms with Gasteiger partial charge in [-0.1, -0.05) is 25.0 Å². The Balaban J connectivity index is 2.22. The van der Waals surface area contributed by atoms with Gasteiger partial charge in [-0.05, 0) is 29.8 Å². The van der Waals surface area contributed by atoms with Crippen molar-refractivity contribution in [3.63, 3.8) is 0 Å². The van der Waals surface area contributed by atoms with Crippen molar-refractivity contribution in [2.24, 2.45) is 0 Å². The zero-order valence-corrected chi connectivity index (χ0v) is 8.66. The van der Waals surface area contributed by atoms with Gasteiger partial charge in [-0.2, -0.15) is 0 Å². The zero-order valence-electron chi connectivity index (χ0n) is 8.66. The van der Waals surface area contributed by atoms with Crippen molar-refractivity contribution in [3.8, 4) is 5.75 Å². The number of methoxy groups -OCH3 is 1. The molecule has 0 bridgehead atoms. The third-order valence-electron chi connectivity index (χ3n) is 2.83. The fourth-order valence-corrected chi connectivity index (χ4v) is 1.77. The lowest BCUT2D eigenvalue weighted by Crippen LogP contribution is -2.30. The van der Waals surface area contributed by atoms with E-state index < -0.39 is 0 Å². The van der Waals surface area contributed by atoms with Crippen LogP contribution in [0.3, 0.4) is 0 Å². The van der Waals surface area contributed by atoms with E-state index in [-0.39, 0.29) is 6.92 Å². The van der Waals surface area contributed by atoms with Crippen molar-refractivity contribution >= 4 is 12.4 Å². The fraction of sp³-hybridized carbons (Fsp3) is 0.455. The third-order valence-corrected chi connectivity index (χ3v) is 2.83. The highest BCUT2D eigenvalue weighted by atomic mass is 16.5. The van der Waals surface area contributed by atoms with Gasteiger partial charge < -0.3 is 9.76 Å². The molecule has 1 saturated carbocycles. The largest absolute Gasteiger partial charge is 0.496 e. The van der Waals surface area contributed by atoms with Gasteiger partial charge in [0.25, 0.3) is 0 Å². The van der Waals surface area contributed by atoms with Crippen LogP contribution < -0.4 is 10.2 Å². The summed E-state index contributed by atoms with van der Waals surface area (Å²) < 4.78 is 5.17. The molecule has 0 aromatic heterocycles. The highest BCUT2D eigenvalue weighted by Gasteiger charge is 2.35. The van der Waals surface area contributed by atoms with Crippen molar-refractivity contribution in [3.05, 3.63) is 23.8 Å². The van der Waals surface area contributed by atoms with Crippen LogP contribution in [-0.4, -0.2) is 19.0 Å². The summed E-state index contributed by atoms with van der Waals surface area (Å²) in [6, 6.07) is 5.90. The first-order valence-corrected chi connectivity index (χ1v) is 5.05. The van der Waals surface area contributed by atoms with Gasteiger partial charge in [0.1, 0.15) is 5.75 Å². The summed E-state index contributed by atoms with van der Waals surface area (Å²) >= 11 is 0. The lowest BCUT2D eigenvalue weighted by Gasteiger charge is -2.09. The molecule has 0 saturated heterocycles. The van der Waals surface area contributed by atoms with Gasteiger partial charge in [0.2, 0.25) is 0 Å². The first-order valence-electron chi connectivity index (χ1n) is 5.05. The highest BCUT2D eigenvalue weighted by molar-refractivity contribution is 6.68. The van der Waals surface area contributed by atoms with Gasteiger partial charge in [-0.3, -0.25) is 0 Å². The van der Waals surface area contributed by atoms with Crippen molar-refractivity contribution in [2.45, 2.75) is 25.6 Å². The Bertz CT molecular complexity index is 334. The molecule has 0 radical (unpaired) electrons. The third kappa shape index (κ3) is 1.78. The standard InChI is InChI=1S/C11H15BO2/c1-8-7-10(5-6-11(8)14-2)12(13)9-3-4-9/h5-7,9,13H,3-4H2,1-2H3. The molecule has 0 aliphatic heterocycles. The molecule has 0 amide bonds. The van der Waals surface area contributed by atoms with Crippen LogP contribution in [-0.2, 0) is 0 Å². The van der Waals surface area contributed by atoms with Gasteiger partial charge in [-0.15, -0.1) is 0 Å². The second-order valence-corrected chi connectivity index (χ2v) is 4.01. The molecule has 1 fully saturated rings. The minimum atomic E-state index is -0.278. The monoisotopic (exact) mass is 190 g/mol. The normalized spacial score (nSPS) is 15.4. The lowest BCUT2D eigenvalue weighted by molar-refractivity contribution is 0.412. The van der Waals surface area contributed by atoms with Crippen LogP contribution in [0.25, 0.3) is 0 Å². The van der Waals surface area contributed by atoms with Crippen LogP contribution in [0.4, 0.5) is 0 Å². The molecule has 3 heteroatoms. The summed E-state index contributed by atoms with van der Waals surface area (Å²) in [5.74, 6) is 1.37. The fourth-order valence-electron chi connectivity index (χ4n) is 1.77. The molecule has 14 heavy (non-hydrogen) atoms. The Morgan fingerprint density at radius 3 is 2.64 bits per heavy atom. The topological polar surface area (TPSA) is 29.5 Å². The van der Waals surface area contributed by atoms with Crippen molar-refractivity contribution in [1.29, 1.82) is 0 Å². The van der Waals surface area contributed by atoms with Gasteiger partial charge in [0.05, 0.1) is 7.11 Å². The molecule has 1 N–H and O–H groups in total. The van der Waals surface area contributed by atoms with E-state index in [2.05, 4.69) is 0 Å². The second kappa shape index (κ2) is 3.66. The summed E-state index contributed by atoms with van der Waals surface area (Å²) in [4.78, 5) is 0. The summed E-state index contributed by atoms with van der Waals surface area (Å²) in [6.45, 7) is 1.72. The molecule has 1 aromatic rings. The Morgan fingerprint density at radius 1 is 1.43 bits per heavy atom. The highest BCUT2D eigenvalue weighted by Crippen LogP contribution is 2.38. The summed E-state index contributed by atoms with van der Waals surface area (Å²) in [7, 11) is 1.67. The number of hydrogen-bond donors (Lipinski definition) is 1. The maximum Gasteiger partial charge on any atom is 0.326 e. The number of hydrogen-bond acceptors (Lipinski definition) is 2. The quantitative estimate of drug-likeness (QED) is 0.729. The van der Waals surface area contributed by atoms with E-state index in [1.807, 2.05) is 25.1 Å². The molecule has 1 aliphatic carbocycles. The van der Waals surface area contributed by atoms with Crippen LogP contribution in [0.1, 0.15) is 18.4 Å². The predicted molar refractivity (Wildman–Crippen MR) is 58.3 cm³/mol. The number of ether oxygens (including phenoxy) is 1. The van der Waals surface area contributed by atoms with E-state index in [1.165, 1.54) is 0 Å². The Kier molecular flexibility index (Phi) is 2.51. The van der Waals surface area contributed by atoms with Gasteiger partial charge in [0.15, 0.2) is 0 Å². The molecular formula is C11H15BO2. The van der Waals surface area contributed by atoms with E-state index in [1.54, 1.807) is 7.11 Å². The molecule has 1 aliphatic rings. The minimum absolute atomic E-state index is 0.278. The number of rotatable bonds is 3. The summed E-state index contributed by atoms with van der Waals surface area (Å²) in [5, 5.41) is 9.91. The number of aryl methyl sites for hydroxylation is 1. The predicted octanol–water partition coefficient (Wildman–Crippen LogP) is 1.36. The summed E-state index contributed by atoms with van der Waals surface area (Å²) in [5.41, 5.74) is 2.11. The molecule has 0 unspecified atom stereocenters. The molecule has 1 aromatic carbocycles. The van der Waals surface area contributed by atoms with Crippen LogP contribution >= 0.6 is 0 Å². The van der Waals surface area contributed by atoms with Crippen molar-refractivity contribution in [1.82, 2.24) is 0 Å². The van der Waals surface area contributed by atoms with Crippen LogP contribution in [0.5, 0.6) is 5.75 Å². The van der Waals surface area contributed by atoms with Crippen LogP contribution in [0, 0.1) is 6.92 Å². The Morgan fingerprint density at radius 2 is 2.14 bits per heavy atom. The summed E-state index contributed by atoms with van der Waals surface area (Å²) in [6.07, 6.45) is 2.32. The average Bonchev–Trinajstić information content (AvgIpc) is 3.00. The smallest absolute Gasteiger partial charge is 0.326 e. The van der Waals surface area contributed by atoms with Crippen molar-refractivity contribution < 1.29 is 9.76 Å². The Hall–Kier alpha value is -0.955. The lowest BCUT2D eigenvalue weighted by atomic mass is 9.56. The van der Waals surface area contributed by atoms with Crippen molar-refractivity contribution in [2.75, 3.05) is 7.11 Å². The maximum absolute atomic E-state index is 9.91. The molecule has 0 heterocycles. The van der Waals surface area contributed by atoms with Crippen LogP contribution in [0.15, 0.2) is 18.2 Å². The molecule has 2 nitrogen and oxygen atoms in total. The van der Waals surface area contributed by atoms with E-state index in [9.17, 15) is 5.02 Å². The Labute approximate surface area is 85.0 Å². The van der Waals surface area contributed by atoms with E-state index in [4.69, 9.17) is 4.74 Å². The van der Waals surface area contributed by atoms with E-state index in [0.29, 0.717) is 5.82 Å². The number of benzene rings is 1. The molecule has 0 atom stereocenters. The average molecular weight is 190 g/mol. The van der Waals surface area contributed by atoms with E-state index in [0.717, 1.165) is 29.6 Å². The van der Waals surface area contributed by atoms with Crippen LogP contribution in [0.2, 0.25) is 5.82 Å². The molecule has 0 spiro atoms. The molecular weight excluding hydrogens is 175 g/mol. The maximum atomic E-state index is 9.91. The second-order valence-electron chi connectivity index (χ2n) is 4.01.